The summed E-state index contributed by atoms with van der Waals surface area (Å²) in [7, 11) is -8.25. The zero-order chi connectivity index (χ0) is 58.4. The summed E-state index contributed by atoms with van der Waals surface area (Å²) in [5.41, 5.74) is -5.04. The van der Waals surface area contributed by atoms with Gasteiger partial charge < -0.3 is 64.0 Å². The minimum absolute atomic E-state index is 0.154. The van der Waals surface area contributed by atoms with Crippen LogP contribution in [0.3, 0.4) is 0 Å². The van der Waals surface area contributed by atoms with Gasteiger partial charge in [0.2, 0.25) is 20.0 Å². The monoisotopic (exact) mass is 1150 g/mol. The molecule has 0 aromatic heterocycles. The van der Waals surface area contributed by atoms with Gasteiger partial charge in [0.05, 0.1) is 46.7 Å². The Labute approximate surface area is 455 Å². The minimum Gasteiger partial charge on any atom is -0.445 e. The second-order valence-corrected chi connectivity index (χ2v) is 24.7. The standard InChI is InChI=1S/C49H67N7O21S2/c1-47(2,3)76-45(60)52-32-24-31(51-44(59)71-26-28-16-10-9-11-17-28)40(75-43-38(58)41(49(7,62)27-72-43)54(8)46(61)77-48(4,5)6)37(57)39(32)74-42-30(53-79(69,70)36-21-15-13-19-34(36)56(65)66)23-22-29(73-42)25-50-78(67,68)35-20-14-12-18-33(35)55(63)64/h9-21,29-32,37-43,50,53,57-58,62H,22-27H2,1-8H3,(H,51,59)(H,52,60)/t29-,30+,31+,32-,37-,38+,39+,40-,41+,42+,43+,49-/m0/s1. The molecule has 2 aliphatic heterocycles. The third kappa shape index (κ3) is 16.2. The molecule has 12 atom stereocenters. The molecule has 7 N–H and O–H groups in total. The van der Waals surface area contributed by atoms with Crippen LogP contribution in [-0.2, 0) is 59.8 Å². The highest BCUT2D eigenvalue weighted by Gasteiger charge is 2.55. The maximum Gasteiger partial charge on any atom is 0.410 e. The van der Waals surface area contributed by atoms with E-state index in [4.69, 9.17) is 33.2 Å². The lowest BCUT2D eigenvalue weighted by molar-refractivity contribution is -0.388. The summed E-state index contributed by atoms with van der Waals surface area (Å²) >= 11 is 0. The van der Waals surface area contributed by atoms with Crippen LogP contribution in [0.25, 0.3) is 0 Å². The predicted octanol–water partition coefficient (Wildman–Crippen LogP) is 3.06. The van der Waals surface area contributed by atoms with Crippen molar-refractivity contribution in [3.05, 3.63) is 105 Å². The maximum atomic E-state index is 14.1. The smallest absolute Gasteiger partial charge is 0.410 e. The van der Waals surface area contributed by atoms with Gasteiger partial charge in [-0.15, -0.1) is 0 Å². The average Bonchev–Trinajstić information content (AvgIpc) is 3.39. The molecule has 28 nitrogen and oxygen atoms in total. The van der Waals surface area contributed by atoms with Gasteiger partial charge in [0.1, 0.15) is 47.8 Å². The highest BCUT2D eigenvalue weighted by molar-refractivity contribution is 7.90. The van der Waals surface area contributed by atoms with Crippen molar-refractivity contribution in [2.45, 2.75) is 168 Å². The van der Waals surface area contributed by atoms with Crippen LogP contribution < -0.4 is 20.1 Å². The van der Waals surface area contributed by atoms with Gasteiger partial charge in [-0.3, -0.25) is 20.2 Å². The number of nitrogens with zero attached hydrogens (tertiary/aromatic N) is 3. The normalized spacial score (nSPS) is 27.7. The van der Waals surface area contributed by atoms with E-state index in [1.54, 1.807) is 71.9 Å². The summed E-state index contributed by atoms with van der Waals surface area (Å²) in [6.07, 6.45) is -16.6. The molecule has 0 unspecified atom stereocenters. The molecule has 3 fully saturated rings. The van der Waals surface area contributed by atoms with Crippen LogP contribution in [-0.4, -0.2) is 169 Å². The fraction of sp³-hybridized carbons (Fsp3) is 0.571. The first kappa shape index (κ1) is 62.0. The van der Waals surface area contributed by atoms with E-state index in [0.29, 0.717) is 5.56 Å². The summed E-state index contributed by atoms with van der Waals surface area (Å²) in [6, 6.07) is 11.5. The molecule has 0 spiro atoms. The Bertz CT molecular complexity index is 2890. The SMILES string of the molecule is CN(C(=O)OC(C)(C)C)[C@@H]1[C@@H](O)[C@@H](O[C@@H]2[C@@H](O)[C@H](O[C@H]3O[C@H](CNS(=O)(=O)c4ccccc4[N+](=O)[O-])CC[C@H]3NS(=O)(=O)c3ccccc3[N+](=O)[O-])[C@@H](NC(=O)OC(C)(C)C)C[C@H]2NC(=O)OCc2ccccc2)OC[C@]1(C)O. The number of nitrogens with one attached hydrogen (secondary N) is 4. The zero-order valence-corrected chi connectivity index (χ0v) is 46.1. The highest BCUT2D eigenvalue weighted by atomic mass is 32.2. The predicted molar refractivity (Wildman–Crippen MR) is 275 cm³/mol. The Morgan fingerprint density at radius 1 is 0.734 bits per heavy atom. The third-order valence-corrected chi connectivity index (χ3v) is 15.6. The topological polar surface area (TPSA) is 382 Å². The van der Waals surface area contributed by atoms with Crippen LogP contribution in [0.1, 0.15) is 73.3 Å². The summed E-state index contributed by atoms with van der Waals surface area (Å²) in [5.74, 6) is 0. The van der Waals surface area contributed by atoms with E-state index in [9.17, 15) is 66.8 Å². The molecule has 1 saturated carbocycles. The third-order valence-electron chi connectivity index (χ3n) is 12.6. The largest absolute Gasteiger partial charge is 0.445 e. The number of amides is 3. The van der Waals surface area contributed by atoms with Gasteiger partial charge in [-0.25, -0.2) is 40.7 Å². The molecule has 3 aliphatic rings. The number of carbonyl (C=O) groups excluding carboxylic acids is 3. The van der Waals surface area contributed by atoms with E-state index in [0.717, 1.165) is 29.2 Å². The number of alkyl carbamates (subject to hydrolysis) is 2. The minimum atomic E-state index is -4.87. The van der Waals surface area contributed by atoms with Crippen molar-refractivity contribution in [2.75, 3.05) is 20.2 Å². The Hall–Kier alpha value is -6.19. The first-order chi connectivity index (χ1) is 36.8. The molecule has 2 heterocycles. The van der Waals surface area contributed by atoms with E-state index in [1.165, 1.54) is 38.2 Å². The van der Waals surface area contributed by atoms with Crippen molar-refractivity contribution in [1.82, 2.24) is 25.0 Å². The molecule has 1 aliphatic carbocycles. The van der Waals surface area contributed by atoms with Crippen molar-refractivity contribution in [1.29, 1.82) is 0 Å². The number of rotatable bonds is 18. The number of hydrogen-bond acceptors (Lipinski definition) is 21. The van der Waals surface area contributed by atoms with Crippen LogP contribution in [0.15, 0.2) is 88.7 Å². The molecule has 0 radical (unpaired) electrons. The van der Waals surface area contributed by atoms with Crippen LogP contribution in [0.5, 0.6) is 0 Å². The van der Waals surface area contributed by atoms with E-state index >= 15 is 0 Å². The second kappa shape index (κ2) is 25.1. The van der Waals surface area contributed by atoms with E-state index in [2.05, 4.69) is 20.1 Å². The molecule has 30 heteroatoms. The maximum absolute atomic E-state index is 14.1. The number of aliphatic hydroxyl groups is 3. The second-order valence-electron chi connectivity index (χ2n) is 21.3. The summed E-state index contributed by atoms with van der Waals surface area (Å²) in [6.45, 7) is 9.33. The molecule has 6 rings (SSSR count). The molecule has 436 valence electrons. The molecule has 2 saturated heterocycles. The van der Waals surface area contributed by atoms with E-state index in [1.807, 2.05) is 0 Å². The molecule has 3 aromatic rings. The lowest BCUT2D eigenvalue weighted by atomic mass is 9.83. The lowest BCUT2D eigenvalue weighted by Crippen LogP contribution is -2.70. The van der Waals surface area contributed by atoms with Crippen molar-refractivity contribution in [3.63, 3.8) is 0 Å². The number of hydrogen-bond donors (Lipinski definition) is 7. The fourth-order valence-electron chi connectivity index (χ4n) is 9.15. The van der Waals surface area contributed by atoms with Crippen LogP contribution in [0.4, 0.5) is 25.8 Å². The number of carbonyl (C=O) groups is 3. The zero-order valence-electron chi connectivity index (χ0n) is 44.4. The van der Waals surface area contributed by atoms with E-state index in [-0.39, 0.29) is 19.4 Å². The summed E-state index contributed by atoms with van der Waals surface area (Å²) in [5, 5.41) is 65.3. The fourth-order valence-corrected chi connectivity index (χ4v) is 11.8. The number of nitro benzene ring substituents is 2. The first-order valence-electron chi connectivity index (χ1n) is 24.8. The summed E-state index contributed by atoms with van der Waals surface area (Å²) < 4.78 is 102. The van der Waals surface area contributed by atoms with Gasteiger partial charge in [-0.1, -0.05) is 54.6 Å². The van der Waals surface area contributed by atoms with Gasteiger partial charge in [-0.2, -0.15) is 0 Å². The molecule has 0 bridgehead atoms. The van der Waals surface area contributed by atoms with Crippen molar-refractivity contribution < 1.29 is 89.5 Å². The molecular formula is C49H67N7O21S2. The Morgan fingerprint density at radius 3 is 1.81 bits per heavy atom. The number of ether oxygens (including phenoxy) is 7. The Kier molecular flexibility index (Phi) is 19.7. The van der Waals surface area contributed by atoms with Gasteiger partial charge >= 0.3 is 18.3 Å². The quantitative estimate of drug-likeness (QED) is 0.0546. The Morgan fingerprint density at radius 2 is 1.25 bits per heavy atom. The number of sulfonamides is 2. The van der Waals surface area contributed by atoms with Crippen molar-refractivity contribution >= 4 is 49.7 Å². The van der Waals surface area contributed by atoms with E-state index < -0.39 is 173 Å². The molecular weight excluding hydrogens is 1090 g/mol. The van der Waals surface area contributed by atoms with Gasteiger partial charge in [0, 0.05) is 25.7 Å². The average molecular weight is 1150 g/mol. The number of aliphatic hydroxyl groups excluding tert-OH is 2. The van der Waals surface area contributed by atoms with Crippen molar-refractivity contribution in [3.8, 4) is 0 Å². The first-order valence-corrected chi connectivity index (χ1v) is 27.8. The van der Waals surface area contributed by atoms with Gasteiger partial charge in [0.25, 0.3) is 11.4 Å². The van der Waals surface area contributed by atoms with Crippen molar-refractivity contribution in [2.24, 2.45) is 0 Å². The molecule has 3 aromatic carbocycles. The lowest BCUT2D eigenvalue weighted by Gasteiger charge is -2.50. The molecule has 79 heavy (non-hydrogen) atoms. The molecule has 3 amide bonds. The number of nitro groups is 2. The Balaban J connectivity index is 1.40. The highest BCUT2D eigenvalue weighted by Crippen LogP contribution is 2.36. The van der Waals surface area contributed by atoms with Crippen LogP contribution >= 0.6 is 0 Å². The van der Waals surface area contributed by atoms with Gasteiger partial charge in [-0.05, 0) is 85.4 Å². The summed E-state index contributed by atoms with van der Waals surface area (Å²) in [4.78, 5) is 62.3. The number of benzene rings is 3. The van der Waals surface area contributed by atoms with Crippen LogP contribution in [0, 0.1) is 20.2 Å². The van der Waals surface area contributed by atoms with Crippen LogP contribution in [0.2, 0.25) is 0 Å². The van der Waals surface area contributed by atoms with Gasteiger partial charge in [0.15, 0.2) is 22.4 Å². The number of para-hydroxylation sites is 2. The number of likely N-dealkylation sites (N-methyl/N-ethyl adjacent to an activating group) is 1.